The number of aromatic nitrogens is 2. The number of hydrogen-bond acceptors (Lipinski definition) is 7. The Morgan fingerprint density at radius 1 is 1.28 bits per heavy atom. The van der Waals surface area contributed by atoms with E-state index >= 15 is 0 Å². The van der Waals surface area contributed by atoms with Crippen LogP contribution in [0.1, 0.15) is 12.8 Å². The fourth-order valence-corrected chi connectivity index (χ4v) is 7.65. The van der Waals surface area contributed by atoms with Crippen molar-refractivity contribution in [1.29, 1.82) is 0 Å². The number of carboxylic acids is 1. The minimum atomic E-state index is -3.74. The second-order valence-electron chi connectivity index (χ2n) is 7.68. The number of ether oxygens (including phenoxy) is 1. The number of fused-ring (bicyclic) bond motifs is 1. The number of nitrogens with zero attached hydrogens (tertiary/aromatic N) is 2. The molecule has 0 spiro atoms. The highest BCUT2D eigenvalue weighted by Crippen LogP contribution is 2.39. The van der Waals surface area contributed by atoms with Crippen molar-refractivity contribution in [2.45, 2.75) is 34.0 Å². The van der Waals surface area contributed by atoms with Gasteiger partial charge in [0, 0.05) is 6.54 Å². The monoisotopic (exact) mass is 475 g/mol. The minimum Gasteiger partial charge on any atom is -0.497 e. The van der Waals surface area contributed by atoms with Crippen LogP contribution in [0.15, 0.2) is 58.6 Å². The van der Waals surface area contributed by atoms with Gasteiger partial charge in [-0.25, -0.2) is 13.4 Å². The molecule has 170 valence electrons. The van der Waals surface area contributed by atoms with E-state index in [1.54, 1.807) is 41.0 Å². The Bertz CT molecular complexity index is 1200. The lowest BCUT2D eigenvalue weighted by atomic mass is 10.0. The molecule has 0 saturated carbocycles. The number of methoxy groups -OCH3 is 1. The summed E-state index contributed by atoms with van der Waals surface area (Å²) in [5.74, 6) is -0.571. The van der Waals surface area contributed by atoms with Gasteiger partial charge in [0.05, 0.1) is 23.0 Å². The van der Waals surface area contributed by atoms with Gasteiger partial charge in [-0.1, -0.05) is 23.9 Å². The van der Waals surface area contributed by atoms with Crippen LogP contribution in [-0.2, 0) is 21.2 Å². The van der Waals surface area contributed by atoms with Gasteiger partial charge in [-0.2, -0.15) is 0 Å². The molecule has 4 rings (SSSR count). The van der Waals surface area contributed by atoms with Gasteiger partial charge in [-0.3, -0.25) is 4.79 Å². The molecule has 0 amide bonds. The molecule has 0 radical (unpaired) electrons. The van der Waals surface area contributed by atoms with Gasteiger partial charge in [0.15, 0.2) is 15.0 Å². The number of thioether (sulfide) groups is 1. The molecular formula is C22H25N3O5S2. The minimum absolute atomic E-state index is 0.140. The third kappa shape index (κ3) is 4.62. The van der Waals surface area contributed by atoms with Crippen molar-refractivity contribution >= 4 is 38.6 Å². The summed E-state index contributed by atoms with van der Waals surface area (Å²) in [6.07, 6.45) is 1.64. The van der Waals surface area contributed by atoms with Crippen LogP contribution in [0, 0.1) is 5.92 Å². The van der Waals surface area contributed by atoms with Crippen molar-refractivity contribution in [2.24, 2.45) is 5.92 Å². The highest BCUT2D eigenvalue weighted by molar-refractivity contribution is 8.13. The number of imidazole rings is 1. The van der Waals surface area contributed by atoms with Crippen molar-refractivity contribution in [1.82, 2.24) is 14.9 Å². The average molecular weight is 476 g/mol. The Hall–Kier alpha value is -2.56. The lowest BCUT2D eigenvalue weighted by molar-refractivity contribution is -0.137. The number of piperidine rings is 1. The Morgan fingerprint density at radius 2 is 2.03 bits per heavy atom. The van der Waals surface area contributed by atoms with E-state index in [0.717, 1.165) is 31.1 Å². The number of hydrogen-bond donors (Lipinski definition) is 2. The number of aliphatic carboxylic acids is 1. The lowest BCUT2D eigenvalue weighted by Crippen LogP contribution is -2.39. The summed E-state index contributed by atoms with van der Waals surface area (Å²) in [6, 6.07) is 13.6. The fraction of sp³-hybridized carbons (Fsp3) is 0.364. The molecule has 8 nitrogen and oxygen atoms in total. The number of nitrogens with one attached hydrogen (secondary N) is 1. The summed E-state index contributed by atoms with van der Waals surface area (Å²) < 4.78 is 33.4. The number of carbonyl (C=O) groups is 1. The molecule has 1 saturated heterocycles. The molecule has 10 heteroatoms. The van der Waals surface area contributed by atoms with Crippen LogP contribution < -0.4 is 10.1 Å². The van der Waals surface area contributed by atoms with Gasteiger partial charge in [0.1, 0.15) is 16.9 Å². The molecule has 2 N–H and O–H groups in total. The van der Waals surface area contributed by atoms with E-state index in [0.29, 0.717) is 28.5 Å². The molecule has 3 aromatic rings. The highest BCUT2D eigenvalue weighted by atomic mass is 32.3. The molecule has 2 heterocycles. The zero-order valence-electron chi connectivity index (χ0n) is 17.6. The molecule has 2 unspecified atom stereocenters. The quantitative estimate of drug-likeness (QED) is 0.479. The van der Waals surface area contributed by atoms with Gasteiger partial charge in [-0.05, 0) is 61.7 Å². The number of sulfone groups is 1. The first kappa shape index (κ1) is 22.6. The Labute approximate surface area is 190 Å². The van der Waals surface area contributed by atoms with Crippen LogP contribution >= 0.6 is 11.8 Å². The molecule has 32 heavy (non-hydrogen) atoms. The molecule has 2 atom stereocenters. The number of carboxylic acid groups (broad SMARTS) is 1. The zero-order chi connectivity index (χ0) is 22.7. The number of para-hydroxylation sites is 2. The summed E-state index contributed by atoms with van der Waals surface area (Å²) in [5, 5.41) is 13.1. The second kappa shape index (κ2) is 9.51. The smallest absolute Gasteiger partial charge is 0.323 e. The highest BCUT2D eigenvalue weighted by Gasteiger charge is 2.38. The van der Waals surface area contributed by atoms with Crippen molar-refractivity contribution in [3.05, 3.63) is 48.5 Å². The van der Waals surface area contributed by atoms with Crippen molar-refractivity contribution in [3.63, 3.8) is 0 Å². The van der Waals surface area contributed by atoms with Gasteiger partial charge in [0.2, 0.25) is 0 Å². The Balaban J connectivity index is 1.77. The fourth-order valence-electron chi connectivity index (χ4n) is 3.96. The molecule has 1 aliphatic heterocycles. The van der Waals surface area contributed by atoms with Crippen LogP contribution in [0.25, 0.3) is 11.0 Å². The van der Waals surface area contributed by atoms with E-state index < -0.39 is 20.4 Å². The van der Waals surface area contributed by atoms with Crippen LogP contribution in [0.5, 0.6) is 5.75 Å². The van der Waals surface area contributed by atoms with Crippen LogP contribution in [-0.4, -0.2) is 53.8 Å². The second-order valence-corrected chi connectivity index (χ2v) is 11.2. The van der Waals surface area contributed by atoms with Gasteiger partial charge in [-0.15, -0.1) is 0 Å². The van der Waals surface area contributed by atoms with E-state index in [9.17, 15) is 18.3 Å². The molecular weight excluding hydrogens is 450 g/mol. The topological polar surface area (TPSA) is 111 Å². The molecule has 0 bridgehead atoms. The standard InChI is InChI=1S/C22H25N3O5S2/c1-30-16-8-10-17(11-9-16)32(28,29)21(15-5-4-12-23-13-15)31-22-24-18-6-2-3-7-19(18)25(22)14-20(26)27/h2-3,6-11,15,21,23H,4-5,12-14H2,1H3,(H,26,27). The normalized spacial score (nSPS) is 17.8. The summed E-state index contributed by atoms with van der Waals surface area (Å²) in [5.41, 5.74) is 1.30. The molecule has 1 aromatic heterocycles. The Kier molecular flexibility index (Phi) is 6.73. The van der Waals surface area contributed by atoms with Gasteiger partial charge >= 0.3 is 5.97 Å². The summed E-state index contributed by atoms with van der Waals surface area (Å²) in [4.78, 5) is 16.3. The van der Waals surface area contributed by atoms with E-state index in [-0.39, 0.29) is 17.4 Å². The molecule has 1 fully saturated rings. The van der Waals surface area contributed by atoms with E-state index in [1.165, 1.54) is 7.11 Å². The first-order valence-electron chi connectivity index (χ1n) is 10.3. The van der Waals surface area contributed by atoms with Gasteiger partial charge in [0.25, 0.3) is 0 Å². The third-order valence-corrected chi connectivity index (χ3v) is 9.66. The SMILES string of the molecule is COc1ccc(S(=O)(=O)C(Sc2nc3ccccc3n2CC(=O)O)C2CCCNC2)cc1. The maximum absolute atomic E-state index is 13.7. The average Bonchev–Trinajstić information content (AvgIpc) is 3.14. The predicted octanol–water partition coefficient (Wildman–Crippen LogP) is 3.02. The van der Waals surface area contributed by atoms with Gasteiger partial charge < -0.3 is 19.7 Å². The zero-order valence-corrected chi connectivity index (χ0v) is 19.2. The number of rotatable bonds is 8. The van der Waals surface area contributed by atoms with Crippen molar-refractivity contribution < 1.29 is 23.1 Å². The largest absolute Gasteiger partial charge is 0.497 e. The van der Waals surface area contributed by atoms with E-state index in [4.69, 9.17) is 4.74 Å². The molecule has 2 aromatic carbocycles. The maximum atomic E-state index is 13.7. The van der Waals surface area contributed by atoms with E-state index in [1.807, 2.05) is 12.1 Å². The van der Waals surface area contributed by atoms with Crippen LogP contribution in [0.2, 0.25) is 0 Å². The van der Waals surface area contributed by atoms with Crippen molar-refractivity contribution in [3.8, 4) is 5.75 Å². The van der Waals surface area contributed by atoms with Crippen molar-refractivity contribution in [2.75, 3.05) is 20.2 Å². The van der Waals surface area contributed by atoms with E-state index in [2.05, 4.69) is 10.3 Å². The molecule has 0 aliphatic carbocycles. The summed E-state index contributed by atoms with van der Waals surface area (Å²) in [7, 11) is -2.21. The number of benzene rings is 2. The first-order chi connectivity index (χ1) is 15.4. The Morgan fingerprint density at radius 3 is 2.69 bits per heavy atom. The summed E-state index contributed by atoms with van der Waals surface area (Å²) in [6.45, 7) is 1.14. The maximum Gasteiger partial charge on any atom is 0.323 e. The summed E-state index contributed by atoms with van der Waals surface area (Å²) >= 11 is 1.13. The molecule has 1 aliphatic rings. The first-order valence-corrected chi connectivity index (χ1v) is 12.7. The third-order valence-electron chi connectivity index (χ3n) is 5.55. The van der Waals surface area contributed by atoms with Crippen LogP contribution in [0.4, 0.5) is 0 Å². The van der Waals surface area contributed by atoms with Crippen LogP contribution in [0.3, 0.4) is 0 Å². The lowest BCUT2D eigenvalue weighted by Gasteiger charge is -2.30. The predicted molar refractivity (Wildman–Crippen MR) is 123 cm³/mol.